The SMILES string of the molecule is CC(C)(C)OC(=O)CC1(c2ccc([N+](=O)[O-])cc2)CCC1. The van der Waals surface area contributed by atoms with Gasteiger partial charge in [-0.1, -0.05) is 18.6 Å². The maximum Gasteiger partial charge on any atom is 0.307 e. The highest BCUT2D eigenvalue weighted by atomic mass is 16.6. The summed E-state index contributed by atoms with van der Waals surface area (Å²) in [6.07, 6.45) is 3.25. The van der Waals surface area contributed by atoms with Crippen LogP contribution in [0.5, 0.6) is 0 Å². The van der Waals surface area contributed by atoms with Gasteiger partial charge in [0.15, 0.2) is 0 Å². The predicted molar refractivity (Wildman–Crippen MR) is 79.1 cm³/mol. The molecule has 0 aliphatic heterocycles. The molecular formula is C16H21NO4. The largest absolute Gasteiger partial charge is 0.460 e. The zero-order valence-corrected chi connectivity index (χ0v) is 12.7. The average molecular weight is 291 g/mol. The summed E-state index contributed by atoms with van der Waals surface area (Å²) >= 11 is 0. The molecule has 0 spiro atoms. The number of nitro groups is 1. The standard InChI is InChI=1S/C16H21NO4/c1-15(2,3)21-14(18)11-16(9-4-10-16)12-5-7-13(8-6-12)17(19)20/h5-8H,4,9-11H2,1-3H3. The molecule has 0 bridgehead atoms. The molecule has 114 valence electrons. The van der Waals surface area contributed by atoms with Gasteiger partial charge in [0.2, 0.25) is 0 Å². The molecule has 0 radical (unpaired) electrons. The summed E-state index contributed by atoms with van der Waals surface area (Å²) in [4.78, 5) is 22.4. The van der Waals surface area contributed by atoms with E-state index < -0.39 is 10.5 Å². The Morgan fingerprint density at radius 1 is 1.29 bits per heavy atom. The van der Waals surface area contributed by atoms with E-state index in [1.807, 2.05) is 20.8 Å². The van der Waals surface area contributed by atoms with Crippen molar-refractivity contribution >= 4 is 11.7 Å². The average Bonchev–Trinajstić information content (AvgIpc) is 2.32. The first-order chi connectivity index (χ1) is 9.72. The minimum atomic E-state index is -0.489. The van der Waals surface area contributed by atoms with Crippen LogP contribution in [-0.2, 0) is 14.9 Å². The molecule has 0 saturated heterocycles. The van der Waals surface area contributed by atoms with Gasteiger partial charge in [-0.3, -0.25) is 14.9 Å². The molecule has 5 heteroatoms. The van der Waals surface area contributed by atoms with Crippen molar-refractivity contribution in [2.45, 2.75) is 57.5 Å². The lowest BCUT2D eigenvalue weighted by Gasteiger charge is -2.42. The maximum atomic E-state index is 12.1. The quantitative estimate of drug-likeness (QED) is 0.481. The van der Waals surface area contributed by atoms with E-state index >= 15 is 0 Å². The van der Waals surface area contributed by atoms with Crippen molar-refractivity contribution in [3.8, 4) is 0 Å². The zero-order valence-electron chi connectivity index (χ0n) is 12.7. The minimum absolute atomic E-state index is 0.0745. The topological polar surface area (TPSA) is 69.4 Å². The zero-order chi connectivity index (χ0) is 15.7. The lowest BCUT2D eigenvalue weighted by Crippen LogP contribution is -2.38. The van der Waals surface area contributed by atoms with Crippen molar-refractivity contribution in [2.24, 2.45) is 0 Å². The van der Waals surface area contributed by atoms with Gasteiger partial charge in [-0.25, -0.2) is 0 Å². The second kappa shape index (κ2) is 5.47. The molecule has 0 amide bonds. The van der Waals surface area contributed by atoms with Crippen LogP contribution in [0.1, 0.15) is 52.0 Å². The molecule has 0 aromatic heterocycles. The van der Waals surface area contributed by atoms with Gasteiger partial charge in [0.25, 0.3) is 5.69 Å². The molecule has 1 aliphatic carbocycles. The van der Waals surface area contributed by atoms with Crippen LogP contribution in [0.2, 0.25) is 0 Å². The number of benzene rings is 1. The van der Waals surface area contributed by atoms with Crippen LogP contribution in [0.15, 0.2) is 24.3 Å². The van der Waals surface area contributed by atoms with Gasteiger partial charge in [0, 0.05) is 17.5 Å². The van der Waals surface area contributed by atoms with Crippen molar-refractivity contribution < 1.29 is 14.5 Å². The second-order valence-electron chi connectivity index (χ2n) is 6.70. The van der Waals surface area contributed by atoms with Gasteiger partial charge >= 0.3 is 5.97 Å². The molecule has 1 aromatic rings. The monoisotopic (exact) mass is 291 g/mol. The van der Waals surface area contributed by atoms with Crippen LogP contribution in [0, 0.1) is 10.1 Å². The van der Waals surface area contributed by atoms with Crippen molar-refractivity contribution in [1.82, 2.24) is 0 Å². The minimum Gasteiger partial charge on any atom is -0.460 e. The summed E-state index contributed by atoms with van der Waals surface area (Å²) in [7, 11) is 0. The van der Waals surface area contributed by atoms with E-state index in [4.69, 9.17) is 4.74 Å². The first kappa shape index (κ1) is 15.5. The van der Waals surface area contributed by atoms with Crippen LogP contribution in [-0.4, -0.2) is 16.5 Å². The molecule has 2 rings (SSSR count). The first-order valence-corrected chi connectivity index (χ1v) is 7.19. The Morgan fingerprint density at radius 2 is 1.86 bits per heavy atom. The van der Waals surface area contributed by atoms with Crippen LogP contribution in [0.4, 0.5) is 5.69 Å². The van der Waals surface area contributed by atoms with Gasteiger partial charge in [0.05, 0.1) is 11.3 Å². The Morgan fingerprint density at radius 3 is 2.24 bits per heavy atom. The van der Waals surface area contributed by atoms with E-state index in [9.17, 15) is 14.9 Å². The number of hydrogen-bond acceptors (Lipinski definition) is 4. The van der Waals surface area contributed by atoms with Crippen molar-refractivity contribution in [1.29, 1.82) is 0 Å². The van der Waals surface area contributed by atoms with Crippen LogP contribution < -0.4 is 0 Å². The van der Waals surface area contributed by atoms with E-state index in [2.05, 4.69) is 0 Å². The highest BCUT2D eigenvalue weighted by Crippen LogP contribution is 2.47. The van der Waals surface area contributed by atoms with E-state index in [1.54, 1.807) is 12.1 Å². The fraction of sp³-hybridized carbons (Fsp3) is 0.562. The molecular weight excluding hydrogens is 270 g/mol. The van der Waals surface area contributed by atoms with E-state index in [0.717, 1.165) is 24.8 Å². The number of carbonyl (C=O) groups is 1. The highest BCUT2D eigenvalue weighted by molar-refractivity contribution is 5.72. The van der Waals surface area contributed by atoms with E-state index in [-0.39, 0.29) is 17.1 Å². The van der Waals surface area contributed by atoms with Crippen molar-refractivity contribution in [3.63, 3.8) is 0 Å². The van der Waals surface area contributed by atoms with Gasteiger partial charge in [-0.15, -0.1) is 0 Å². The molecule has 0 heterocycles. The van der Waals surface area contributed by atoms with Crippen molar-refractivity contribution in [2.75, 3.05) is 0 Å². The van der Waals surface area contributed by atoms with Gasteiger partial charge in [0.1, 0.15) is 5.60 Å². The number of rotatable bonds is 4. The fourth-order valence-electron chi connectivity index (χ4n) is 2.76. The Bertz CT molecular complexity index is 538. The number of carbonyl (C=O) groups excluding carboxylic acids is 1. The predicted octanol–water partition coefficient (Wildman–Crippen LogP) is 3.75. The summed E-state index contributed by atoms with van der Waals surface area (Å²) < 4.78 is 5.41. The lowest BCUT2D eigenvalue weighted by molar-refractivity contribution is -0.384. The van der Waals surface area contributed by atoms with Crippen LogP contribution >= 0.6 is 0 Å². The molecule has 0 atom stereocenters. The number of nitrogens with zero attached hydrogens (tertiary/aromatic N) is 1. The molecule has 1 aliphatic rings. The van der Waals surface area contributed by atoms with Gasteiger partial charge in [-0.2, -0.15) is 0 Å². The van der Waals surface area contributed by atoms with E-state index in [1.165, 1.54) is 12.1 Å². The third-order valence-corrected chi connectivity index (χ3v) is 3.90. The molecule has 5 nitrogen and oxygen atoms in total. The van der Waals surface area contributed by atoms with Crippen LogP contribution in [0.25, 0.3) is 0 Å². The van der Waals surface area contributed by atoms with Crippen molar-refractivity contribution in [3.05, 3.63) is 39.9 Å². The summed E-state index contributed by atoms with van der Waals surface area (Å²) in [5.41, 5.74) is 0.366. The summed E-state index contributed by atoms with van der Waals surface area (Å²) in [5.74, 6) is -0.208. The number of ether oxygens (including phenoxy) is 1. The number of non-ortho nitro benzene ring substituents is 1. The molecule has 1 fully saturated rings. The normalized spacial score (nSPS) is 16.9. The Labute approximate surface area is 124 Å². The molecule has 1 saturated carbocycles. The summed E-state index contributed by atoms with van der Waals surface area (Å²) in [5, 5.41) is 10.7. The molecule has 0 unspecified atom stereocenters. The van der Waals surface area contributed by atoms with Crippen LogP contribution in [0.3, 0.4) is 0 Å². The first-order valence-electron chi connectivity index (χ1n) is 7.19. The third-order valence-electron chi connectivity index (χ3n) is 3.90. The second-order valence-corrected chi connectivity index (χ2v) is 6.70. The number of hydrogen-bond donors (Lipinski definition) is 0. The molecule has 21 heavy (non-hydrogen) atoms. The summed E-state index contributed by atoms with van der Waals surface area (Å²) in [6.45, 7) is 5.55. The highest BCUT2D eigenvalue weighted by Gasteiger charge is 2.41. The van der Waals surface area contributed by atoms with E-state index in [0.29, 0.717) is 6.42 Å². The Kier molecular flexibility index (Phi) is 4.03. The lowest BCUT2D eigenvalue weighted by atomic mass is 9.62. The Hall–Kier alpha value is -1.91. The van der Waals surface area contributed by atoms with Gasteiger partial charge < -0.3 is 4.74 Å². The molecule has 1 aromatic carbocycles. The maximum absolute atomic E-state index is 12.1. The fourth-order valence-corrected chi connectivity index (χ4v) is 2.76. The molecule has 0 N–H and O–H groups in total. The number of esters is 1. The van der Waals surface area contributed by atoms with Gasteiger partial charge in [-0.05, 0) is 39.2 Å². The Balaban J connectivity index is 2.14. The third kappa shape index (κ3) is 3.60. The summed E-state index contributed by atoms with van der Waals surface area (Å²) in [6, 6.07) is 6.54. The number of nitro benzene ring substituents is 1. The smallest absolute Gasteiger partial charge is 0.307 e.